The number of rotatable bonds is 6. The van der Waals surface area contributed by atoms with E-state index < -0.39 is 0 Å². The van der Waals surface area contributed by atoms with Crippen molar-refractivity contribution in [2.24, 2.45) is 0 Å². The molecule has 0 saturated heterocycles. The van der Waals surface area contributed by atoms with Crippen LogP contribution in [0.1, 0.15) is 46.9 Å². The summed E-state index contributed by atoms with van der Waals surface area (Å²) in [7, 11) is 0. The number of aromatic nitrogens is 1. The van der Waals surface area contributed by atoms with Gasteiger partial charge in [0, 0.05) is 22.7 Å². The van der Waals surface area contributed by atoms with E-state index in [1.165, 1.54) is 0 Å². The number of hydrogen-bond donors (Lipinski definition) is 1. The first-order chi connectivity index (χ1) is 9.26. The predicted octanol–water partition coefficient (Wildman–Crippen LogP) is 3.33. The summed E-state index contributed by atoms with van der Waals surface area (Å²) >= 11 is 0. The van der Waals surface area contributed by atoms with Crippen LogP contribution in [0.5, 0.6) is 0 Å². The van der Waals surface area contributed by atoms with E-state index in [2.05, 4.69) is 11.9 Å². The third kappa shape index (κ3) is 3.02. The Labute approximate surface area is 111 Å². The molecule has 0 aliphatic rings. The molecule has 0 aliphatic carbocycles. The molecular formula is C15H17NO3. The highest BCUT2D eigenvalue weighted by Gasteiger charge is 2.10. The van der Waals surface area contributed by atoms with Crippen LogP contribution >= 0.6 is 0 Å². The van der Waals surface area contributed by atoms with E-state index in [1.54, 1.807) is 24.4 Å². The highest BCUT2D eigenvalue weighted by molar-refractivity contribution is 6.00. The van der Waals surface area contributed by atoms with E-state index in [-0.39, 0.29) is 5.97 Å². The minimum Gasteiger partial charge on any atom is -0.462 e. The molecule has 0 radical (unpaired) electrons. The maximum absolute atomic E-state index is 11.8. The average molecular weight is 259 g/mol. The van der Waals surface area contributed by atoms with Gasteiger partial charge in [-0.15, -0.1) is 0 Å². The number of hydrogen-bond acceptors (Lipinski definition) is 3. The number of aldehydes is 1. The Morgan fingerprint density at radius 2 is 2.21 bits per heavy atom. The summed E-state index contributed by atoms with van der Waals surface area (Å²) in [5, 5.41) is 0.817. The van der Waals surface area contributed by atoms with Crippen molar-refractivity contribution in [3.63, 3.8) is 0 Å². The molecule has 0 saturated carbocycles. The zero-order chi connectivity index (χ0) is 13.7. The van der Waals surface area contributed by atoms with Gasteiger partial charge in [0.05, 0.1) is 12.2 Å². The molecule has 1 N–H and O–H groups in total. The SMILES string of the molecule is CCCCCOC(=O)c1ccc2c(C=O)c[nH]c2c1. The lowest BCUT2D eigenvalue weighted by atomic mass is 10.1. The van der Waals surface area contributed by atoms with Gasteiger partial charge in [-0.3, -0.25) is 4.79 Å². The molecule has 1 heterocycles. The molecule has 0 fully saturated rings. The lowest BCUT2D eigenvalue weighted by Crippen LogP contribution is -2.06. The third-order valence-corrected chi connectivity index (χ3v) is 3.06. The number of benzene rings is 1. The second-order valence-corrected chi connectivity index (χ2v) is 4.47. The quantitative estimate of drug-likeness (QED) is 0.492. The number of carbonyl (C=O) groups is 2. The monoisotopic (exact) mass is 259 g/mol. The lowest BCUT2D eigenvalue weighted by molar-refractivity contribution is 0.0498. The third-order valence-electron chi connectivity index (χ3n) is 3.06. The number of fused-ring (bicyclic) bond motifs is 1. The van der Waals surface area contributed by atoms with Gasteiger partial charge in [-0.05, 0) is 18.6 Å². The van der Waals surface area contributed by atoms with Crippen molar-refractivity contribution < 1.29 is 14.3 Å². The fraction of sp³-hybridized carbons (Fsp3) is 0.333. The normalized spacial score (nSPS) is 10.6. The maximum Gasteiger partial charge on any atom is 0.338 e. The van der Waals surface area contributed by atoms with Gasteiger partial charge in [0.25, 0.3) is 0 Å². The van der Waals surface area contributed by atoms with Crippen LogP contribution in [0.2, 0.25) is 0 Å². The Bertz CT molecular complexity index is 586. The van der Waals surface area contributed by atoms with Crippen molar-refractivity contribution in [1.29, 1.82) is 0 Å². The van der Waals surface area contributed by atoms with Gasteiger partial charge < -0.3 is 9.72 Å². The second kappa shape index (κ2) is 6.18. The van der Waals surface area contributed by atoms with Gasteiger partial charge in [0.2, 0.25) is 0 Å². The van der Waals surface area contributed by atoms with Gasteiger partial charge in [-0.25, -0.2) is 4.79 Å². The zero-order valence-electron chi connectivity index (χ0n) is 10.9. The number of aromatic amines is 1. The predicted molar refractivity (Wildman–Crippen MR) is 73.5 cm³/mol. The first kappa shape index (κ1) is 13.3. The van der Waals surface area contributed by atoms with E-state index in [1.807, 2.05) is 0 Å². The van der Waals surface area contributed by atoms with Crippen LogP contribution in [0.15, 0.2) is 24.4 Å². The molecule has 2 rings (SSSR count). The minimum atomic E-state index is -0.319. The molecule has 1 aromatic carbocycles. The van der Waals surface area contributed by atoms with Crippen LogP contribution in [-0.2, 0) is 4.74 Å². The van der Waals surface area contributed by atoms with Gasteiger partial charge >= 0.3 is 5.97 Å². The number of esters is 1. The van der Waals surface area contributed by atoms with Gasteiger partial charge in [-0.1, -0.05) is 25.8 Å². The van der Waals surface area contributed by atoms with Crippen LogP contribution in [0.4, 0.5) is 0 Å². The number of unbranched alkanes of at least 4 members (excludes halogenated alkanes) is 2. The van der Waals surface area contributed by atoms with Crippen molar-refractivity contribution in [3.8, 4) is 0 Å². The second-order valence-electron chi connectivity index (χ2n) is 4.47. The van der Waals surface area contributed by atoms with Crippen molar-refractivity contribution in [2.45, 2.75) is 26.2 Å². The Morgan fingerprint density at radius 3 is 2.95 bits per heavy atom. The Kier molecular flexibility index (Phi) is 4.34. The molecule has 19 heavy (non-hydrogen) atoms. The number of carbonyl (C=O) groups excluding carboxylic acids is 2. The molecule has 0 spiro atoms. The van der Waals surface area contributed by atoms with E-state index in [9.17, 15) is 9.59 Å². The topological polar surface area (TPSA) is 59.2 Å². The summed E-state index contributed by atoms with van der Waals surface area (Å²) in [6, 6.07) is 5.16. The summed E-state index contributed by atoms with van der Waals surface area (Å²) in [4.78, 5) is 25.6. The fourth-order valence-corrected chi connectivity index (χ4v) is 1.97. The zero-order valence-corrected chi connectivity index (χ0v) is 10.9. The van der Waals surface area contributed by atoms with Crippen molar-refractivity contribution in [3.05, 3.63) is 35.5 Å². The number of ether oxygens (including phenoxy) is 1. The number of H-pyrrole nitrogens is 1. The van der Waals surface area contributed by atoms with E-state index >= 15 is 0 Å². The molecule has 1 aromatic heterocycles. The van der Waals surface area contributed by atoms with Gasteiger partial charge in [0.1, 0.15) is 0 Å². The van der Waals surface area contributed by atoms with E-state index in [4.69, 9.17) is 4.74 Å². The van der Waals surface area contributed by atoms with Crippen LogP contribution in [0.25, 0.3) is 10.9 Å². The summed E-state index contributed by atoms with van der Waals surface area (Å²) in [5.41, 5.74) is 1.87. The van der Waals surface area contributed by atoms with E-state index in [0.717, 1.165) is 36.5 Å². The van der Waals surface area contributed by atoms with E-state index in [0.29, 0.717) is 17.7 Å². The summed E-state index contributed by atoms with van der Waals surface area (Å²) in [5.74, 6) is -0.319. The molecule has 4 nitrogen and oxygen atoms in total. The van der Waals surface area contributed by atoms with Crippen molar-refractivity contribution in [1.82, 2.24) is 4.98 Å². The van der Waals surface area contributed by atoms with Crippen LogP contribution in [0, 0.1) is 0 Å². The lowest BCUT2D eigenvalue weighted by Gasteiger charge is -2.04. The van der Waals surface area contributed by atoms with Gasteiger partial charge in [0.15, 0.2) is 6.29 Å². The highest BCUT2D eigenvalue weighted by atomic mass is 16.5. The first-order valence-electron chi connectivity index (χ1n) is 6.49. The summed E-state index contributed by atoms with van der Waals surface area (Å²) in [6.07, 6.45) is 5.48. The number of nitrogens with one attached hydrogen (secondary N) is 1. The molecule has 0 unspecified atom stereocenters. The maximum atomic E-state index is 11.8. The smallest absolute Gasteiger partial charge is 0.338 e. The summed E-state index contributed by atoms with van der Waals surface area (Å²) < 4.78 is 5.19. The molecule has 0 amide bonds. The molecule has 100 valence electrons. The van der Waals surface area contributed by atoms with Crippen LogP contribution in [0.3, 0.4) is 0 Å². The molecular weight excluding hydrogens is 242 g/mol. The standard InChI is InChI=1S/C15H17NO3/c1-2-3-4-7-19-15(18)11-5-6-13-12(10-17)9-16-14(13)8-11/h5-6,8-10,16H,2-4,7H2,1H3. The van der Waals surface area contributed by atoms with Crippen molar-refractivity contribution >= 4 is 23.2 Å². The first-order valence-corrected chi connectivity index (χ1v) is 6.49. The Balaban J connectivity index is 2.08. The Hall–Kier alpha value is -2.10. The largest absolute Gasteiger partial charge is 0.462 e. The average Bonchev–Trinajstić information content (AvgIpc) is 2.85. The summed E-state index contributed by atoms with van der Waals surface area (Å²) in [6.45, 7) is 2.56. The molecule has 0 bridgehead atoms. The van der Waals surface area contributed by atoms with Crippen LogP contribution in [-0.4, -0.2) is 23.8 Å². The molecule has 2 aromatic rings. The minimum absolute atomic E-state index is 0.319. The van der Waals surface area contributed by atoms with Gasteiger partial charge in [-0.2, -0.15) is 0 Å². The van der Waals surface area contributed by atoms with Crippen molar-refractivity contribution in [2.75, 3.05) is 6.61 Å². The highest BCUT2D eigenvalue weighted by Crippen LogP contribution is 2.18. The fourth-order valence-electron chi connectivity index (χ4n) is 1.97. The Morgan fingerprint density at radius 1 is 1.37 bits per heavy atom. The molecule has 0 atom stereocenters. The molecule has 0 aliphatic heterocycles. The molecule has 4 heteroatoms. The van der Waals surface area contributed by atoms with Crippen LogP contribution < -0.4 is 0 Å².